The van der Waals surface area contributed by atoms with Crippen LogP contribution in [-0.2, 0) is 9.53 Å². The minimum Gasteiger partial charge on any atom is -0.515 e. The summed E-state index contributed by atoms with van der Waals surface area (Å²) < 4.78 is 4.83. The van der Waals surface area contributed by atoms with Crippen LogP contribution >= 0.6 is 0 Å². The second kappa shape index (κ2) is 9.42. The van der Waals surface area contributed by atoms with E-state index in [0.29, 0.717) is 11.8 Å². The van der Waals surface area contributed by atoms with Crippen LogP contribution in [-0.4, -0.2) is 29.4 Å². The first-order valence-electron chi connectivity index (χ1n) is 5.38. The SMILES string of the molecule is CCOCC.O=C(O)C(=CO)c1ccccc1. The van der Waals surface area contributed by atoms with Crippen molar-refractivity contribution in [3.8, 4) is 0 Å². The molecule has 4 nitrogen and oxygen atoms in total. The second-order valence-corrected chi connectivity index (χ2v) is 3.00. The highest BCUT2D eigenvalue weighted by Gasteiger charge is 2.08. The van der Waals surface area contributed by atoms with E-state index in [1.165, 1.54) is 0 Å². The number of carboxylic acid groups (broad SMARTS) is 1. The van der Waals surface area contributed by atoms with Gasteiger partial charge in [-0.05, 0) is 19.4 Å². The van der Waals surface area contributed by atoms with Crippen molar-refractivity contribution in [3.05, 3.63) is 42.2 Å². The molecule has 0 atom stereocenters. The molecule has 0 amide bonds. The number of aliphatic carboxylic acids is 1. The molecule has 0 heterocycles. The predicted molar refractivity (Wildman–Crippen MR) is 66.9 cm³/mol. The van der Waals surface area contributed by atoms with Gasteiger partial charge in [0.2, 0.25) is 0 Å². The summed E-state index contributed by atoms with van der Waals surface area (Å²) in [6.45, 7) is 5.67. The van der Waals surface area contributed by atoms with Crippen LogP contribution in [0.25, 0.3) is 5.57 Å². The Balaban J connectivity index is 0.000000437. The van der Waals surface area contributed by atoms with Gasteiger partial charge in [-0.1, -0.05) is 30.3 Å². The van der Waals surface area contributed by atoms with E-state index < -0.39 is 5.97 Å². The van der Waals surface area contributed by atoms with E-state index in [0.717, 1.165) is 13.2 Å². The minimum absolute atomic E-state index is 0.101. The van der Waals surface area contributed by atoms with Crippen molar-refractivity contribution in [2.75, 3.05) is 13.2 Å². The average molecular weight is 238 g/mol. The fraction of sp³-hybridized carbons (Fsp3) is 0.308. The topological polar surface area (TPSA) is 66.8 Å². The molecule has 1 rings (SSSR count). The maximum atomic E-state index is 10.5. The van der Waals surface area contributed by atoms with E-state index in [4.69, 9.17) is 14.9 Å². The lowest BCUT2D eigenvalue weighted by molar-refractivity contribution is -0.130. The van der Waals surface area contributed by atoms with Gasteiger partial charge in [0.25, 0.3) is 0 Å². The zero-order valence-corrected chi connectivity index (χ0v) is 10.1. The number of rotatable bonds is 4. The fourth-order valence-electron chi connectivity index (χ4n) is 1.08. The van der Waals surface area contributed by atoms with E-state index >= 15 is 0 Å². The maximum absolute atomic E-state index is 10.5. The lowest BCUT2D eigenvalue weighted by atomic mass is 10.1. The first kappa shape index (κ1) is 15.2. The maximum Gasteiger partial charge on any atom is 0.339 e. The number of aliphatic hydroxyl groups is 1. The minimum atomic E-state index is -1.14. The Kier molecular flexibility index (Phi) is 8.42. The first-order chi connectivity index (χ1) is 8.17. The van der Waals surface area contributed by atoms with E-state index in [-0.39, 0.29) is 5.57 Å². The molecule has 94 valence electrons. The van der Waals surface area contributed by atoms with Crippen molar-refractivity contribution in [1.82, 2.24) is 0 Å². The van der Waals surface area contributed by atoms with Crippen molar-refractivity contribution in [2.45, 2.75) is 13.8 Å². The summed E-state index contributed by atoms with van der Waals surface area (Å²) in [7, 11) is 0. The van der Waals surface area contributed by atoms with Crippen LogP contribution in [0, 0.1) is 0 Å². The number of carbonyl (C=O) groups is 1. The van der Waals surface area contributed by atoms with Crippen molar-refractivity contribution < 1.29 is 19.7 Å². The molecule has 0 radical (unpaired) electrons. The largest absolute Gasteiger partial charge is 0.515 e. The number of hydrogen-bond donors (Lipinski definition) is 2. The van der Waals surface area contributed by atoms with E-state index in [2.05, 4.69) is 0 Å². The molecule has 1 aromatic carbocycles. The number of carboxylic acids is 1. The molecule has 0 unspecified atom stereocenters. The van der Waals surface area contributed by atoms with Crippen LogP contribution in [0.2, 0.25) is 0 Å². The zero-order valence-electron chi connectivity index (χ0n) is 10.1. The molecule has 0 fully saturated rings. The third-order valence-corrected chi connectivity index (χ3v) is 1.85. The zero-order chi connectivity index (χ0) is 13.1. The van der Waals surface area contributed by atoms with Gasteiger partial charge < -0.3 is 14.9 Å². The molecule has 0 aromatic heterocycles. The highest BCUT2D eigenvalue weighted by Crippen LogP contribution is 2.12. The number of hydrogen-bond acceptors (Lipinski definition) is 3. The molecule has 4 heteroatoms. The van der Waals surface area contributed by atoms with Crippen LogP contribution in [0.15, 0.2) is 36.6 Å². The Hall–Kier alpha value is -1.81. The molecule has 0 saturated heterocycles. The van der Waals surface area contributed by atoms with E-state index in [9.17, 15) is 4.79 Å². The summed E-state index contributed by atoms with van der Waals surface area (Å²) in [5, 5.41) is 17.2. The third-order valence-electron chi connectivity index (χ3n) is 1.85. The van der Waals surface area contributed by atoms with Gasteiger partial charge in [0, 0.05) is 13.2 Å². The Morgan fingerprint density at radius 3 is 2.06 bits per heavy atom. The van der Waals surface area contributed by atoms with Crippen molar-refractivity contribution in [3.63, 3.8) is 0 Å². The molecule has 17 heavy (non-hydrogen) atoms. The number of benzene rings is 1. The average Bonchev–Trinajstić information content (AvgIpc) is 2.33. The van der Waals surface area contributed by atoms with Crippen molar-refractivity contribution in [2.24, 2.45) is 0 Å². The van der Waals surface area contributed by atoms with Crippen molar-refractivity contribution in [1.29, 1.82) is 0 Å². The lowest BCUT2D eigenvalue weighted by Crippen LogP contribution is -1.98. The molecule has 0 bridgehead atoms. The molecule has 2 N–H and O–H groups in total. The second-order valence-electron chi connectivity index (χ2n) is 3.00. The van der Waals surface area contributed by atoms with Gasteiger partial charge in [-0.15, -0.1) is 0 Å². The summed E-state index contributed by atoms with van der Waals surface area (Å²) >= 11 is 0. The molecule has 0 aliphatic carbocycles. The van der Waals surface area contributed by atoms with Crippen LogP contribution in [0.1, 0.15) is 19.4 Å². The van der Waals surface area contributed by atoms with Crippen LogP contribution in [0.3, 0.4) is 0 Å². The Bertz CT molecular complexity index is 342. The van der Waals surface area contributed by atoms with Crippen LogP contribution in [0.5, 0.6) is 0 Å². The van der Waals surface area contributed by atoms with Gasteiger partial charge in [0.1, 0.15) is 5.57 Å². The predicted octanol–water partition coefficient (Wildman–Crippen LogP) is 2.71. The molecule has 0 aliphatic rings. The number of ether oxygens (including phenoxy) is 1. The molecular weight excluding hydrogens is 220 g/mol. The van der Waals surface area contributed by atoms with Crippen LogP contribution in [0.4, 0.5) is 0 Å². The number of aliphatic hydroxyl groups excluding tert-OH is 1. The summed E-state index contributed by atoms with van der Waals surface area (Å²) in [6.07, 6.45) is 0.595. The van der Waals surface area contributed by atoms with E-state index in [1.54, 1.807) is 30.3 Å². The molecule has 0 spiro atoms. The van der Waals surface area contributed by atoms with Gasteiger partial charge in [0.05, 0.1) is 6.26 Å². The Labute approximate surface area is 101 Å². The summed E-state index contributed by atoms with van der Waals surface area (Å²) in [4.78, 5) is 10.5. The lowest BCUT2D eigenvalue weighted by Gasteiger charge is -1.98. The summed E-state index contributed by atoms with van der Waals surface area (Å²) in [5.74, 6) is -1.14. The Morgan fingerprint density at radius 1 is 1.24 bits per heavy atom. The smallest absolute Gasteiger partial charge is 0.339 e. The van der Waals surface area contributed by atoms with Gasteiger partial charge in [-0.2, -0.15) is 0 Å². The molecule has 0 saturated carbocycles. The standard InChI is InChI=1S/C9H8O3.C4H10O/c10-6-8(9(11)12)7-4-2-1-3-5-7;1-3-5-4-2/h1-6,10H,(H,11,12);3-4H2,1-2H3. The van der Waals surface area contributed by atoms with E-state index in [1.807, 2.05) is 13.8 Å². The van der Waals surface area contributed by atoms with Gasteiger partial charge in [0.15, 0.2) is 0 Å². The fourth-order valence-corrected chi connectivity index (χ4v) is 1.08. The quantitative estimate of drug-likeness (QED) is 0.625. The van der Waals surface area contributed by atoms with Crippen molar-refractivity contribution >= 4 is 11.5 Å². The monoisotopic (exact) mass is 238 g/mol. The molecular formula is C13H18O4. The van der Waals surface area contributed by atoms with Gasteiger partial charge >= 0.3 is 5.97 Å². The summed E-state index contributed by atoms with van der Waals surface area (Å²) in [5.41, 5.74) is 0.392. The first-order valence-corrected chi connectivity index (χ1v) is 5.38. The normalized spacial score (nSPS) is 10.4. The van der Waals surface area contributed by atoms with Gasteiger partial charge in [-0.3, -0.25) is 0 Å². The molecule has 0 aliphatic heterocycles. The summed E-state index contributed by atoms with van der Waals surface area (Å²) in [6, 6.07) is 8.44. The highest BCUT2D eigenvalue weighted by molar-refractivity contribution is 6.14. The Morgan fingerprint density at radius 2 is 1.76 bits per heavy atom. The van der Waals surface area contributed by atoms with Crippen LogP contribution < -0.4 is 0 Å². The third kappa shape index (κ3) is 6.37. The molecule has 1 aromatic rings. The highest BCUT2D eigenvalue weighted by atomic mass is 16.5. The van der Waals surface area contributed by atoms with Gasteiger partial charge in [-0.25, -0.2) is 4.79 Å².